The van der Waals surface area contributed by atoms with Gasteiger partial charge in [-0.2, -0.15) is 0 Å². The topological polar surface area (TPSA) is 58.6 Å². The molecular weight excluding hydrogens is 475 g/mol. The molecule has 0 fully saturated rings. The largest absolute Gasteiger partial charge is 0.484 e. The summed E-state index contributed by atoms with van der Waals surface area (Å²) in [7, 11) is 0. The first-order valence-electron chi connectivity index (χ1n) is 10.9. The van der Waals surface area contributed by atoms with Crippen molar-refractivity contribution in [3.05, 3.63) is 63.4 Å². The van der Waals surface area contributed by atoms with Gasteiger partial charge in [0.1, 0.15) is 17.6 Å². The Labute approximate surface area is 198 Å². The minimum absolute atomic E-state index is 0.00397. The van der Waals surface area contributed by atoms with Crippen LogP contribution in [0.3, 0.4) is 0 Å². The lowest BCUT2D eigenvalue weighted by Gasteiger charge is -2.31. The maximum absolute atomic E-state index is 13.4. The van der Waals surface area contributed by atoms with Crippen molar-refractivity contribution in [1.82, 2.24) is 10.2 Å². The Morgan fingerprint density at radius 2 is 1.69 bits per heavy atom. The normalized spacial score (nSPS) is 12.7. The number of rotatable bonds is 10. The molecule has 0 saturated heterocycles. The van der Waals surface area contributed by atoms with Crippen LogP contribution in [-0.4, -0.2) is 35.4 Å². The highest BCUT2D eigenvalue weighted by Gasteiger charge is 2.29. The molecule has 0 radical (unpaired) electrons. The minimum atomic E-state index is -0.654. The molecule has 7 heteroatoms. The maximum Gasteiger partial charge on any atom is 0.261 e. The average molecular weight is 507 g/mol. The van der Waals surface area contributed by atoms with E-state index in [-0.39, 0.29) is 36.8 Å². The van der Waals surface area contributed by atoms with Crippen LogP contribution < -0.4 is 10.1 Å². The first-order valence-corrected chi connectivity index (χ1v) is 11.7. The van der Waals surface area contributed by atoms with E-state index >= 15 is 0 Å². The molecule has 5 nitrogen and oxygen atoms in total. The second-order valence-corrected chi connectivity index (χ2v) is 8.84. The van der Waals surface area contributed by atoms with Crippen LogP contribution in [0.5, 0.6) is 5.75 Å². The summed E-state index contributed by atoms with van der Waals surface area (Å²) in [5, 5.41) is 2.97. The van der Waals surface area contributed by atoms with Crippen molar-refractivity contribution >= 4 is 27.7 Å². The second kappa shape index (κ2) is 12.0. The van der Waals surface area contributed by atoms with Crippen molar-refractivity contribution in [3.8, 4) is 5.75 Å². The van der Waals surface area contributed by atoms with Crippen LogP contribution in [0, 0.1) is 19.7 Å². The lowest BCUT2D eigenvalue weighted by atomic mass is 10.1. The molecule has 0 aliphatic heterocycles. The Balaban J connectivity index is 2.24. The molecule has 0 aliphatic rings. The molecule has 2 aromatic carbocycles. The van der Waals surface area contributed by atoms with Crippen molar-refractivity contribution in [2.45, 2.75) is 66.1 Å². The molecule has 174 valence electrons. The quantitative estimate of drug-likeness (QED) is 0.475. The molecule has 0 heterocycles. The van der Waals surface area contributed by atoms with Gasteiger partial charge in [0.05, 0.1) is 0 Å². The Morgan fingerprint density at radius 1 is 1.09 bits per heavy atom. The summed E-state index contributed by atoms with van der Waals surface area (Å²) in [4.78, 5) is 27.7. The third-order valence-electron chi connectivity index (χ3n) is 5.43. The number of nitrogens with zero attached hydrogens (tertiary/aromatic N) is 1. The molecule has 1 N–H and O–H groups in total. The number of halogens is 2. The fraction of sp³-hybridized carbons (Fsp3) is 0.440. The van der Waals surface area contributed by atoms with Gasteiger partial charge in [0.25, 0.3) is 5.91 Å². The molecule has 0 aliphatic carbocycles. The molecule has 2 atom stereocenters. The molecule has 0 spiro atoms. The summed E-state index contributed by atoms with van der Waals surface area (Å²) in [6.07, 6.45) is 1.24. The van der Waals surface area contributed by atoms with E-state index in [0.717, 1.165) is 27.6 Å². The van der Waals surface area contributed by atoms with Crippen LogP contribution in [0.25, 0.3) is 0 Å². The Hall–Kier alpha value is -2.41. The SMILES string of the molecule is CC[C@@H](C)NC(=O)[C@@H](CC)N(Cc1ccc(F)cc1)C(=O)COc1cc(C)c(Br)c(C)c1. The number of amides is 2. The van der Waals surface area contributed by atoms with Gasteiger partial charge in [-0.15, -0.1) is 0 Å². The molecule has 0 aromatic heterocycles. The van der Waals surface area contributed by atoms with Crippen molar-refractivity contribution in [1.29, 1.82) is 0 Å². The van der Waals surface area contributed by atoms with Crippen molar-refractivity contribution in [2.24, 2.45) is 0 Å². The molecule has 32 heavy (non-hydrogen) atoms. The van der Waals surface area contributed by atoms with E-state index in [0.29, 0.717) is 12.2 Å². The molecule has 0 unspecified atom stereocenters. The highest BCUT2D eigenvalue weighted by atomic mass is 79.9. The molecule has 2 rings (SSSR count). The summed E-state index contributed by atoms with van der Waals surface area (Å²) in [5.74, 6) is -0.265. The number of carbonyl (C=O) groups is 2. The van der Waals surface area contributed by atoms with E-state index in [9.17, 15) is 14.0 Å². The van der Waals surface area contributed by atoms with Gasteiger partial charge < -0.3 is 15.0 Å². The maximum atomic E-state index is 13.4. The number of benzene rings is 2. The predicted octanol–water partition coefficient (Wildman–Crippen LogP) is 5.31. The standard InChI is InChI=1S/C25H32BrFN2O3/c1-6-18(5)28-25(31)22(7-2)29(14-19-8-10-20(27)11-9-19)23(30)15-32-21-12-16(3)24(26)17(4)13-21/h8-13,18,22H,6-7,14-15H2,1-5H3,(H,28,31)/t18-,22-/m1/s1. The number of hydrogen-bond acceptors (Lipinski definition) is 3. The van der Waals surface area contributed by atoms with Crippen LogP contribution in [0.1, 0.15) is 50.3 Å². The number of carbonyl (C=O) groups excluding carboxylic acids is 2. The minimum Gasteiger partial charge on any atom is -0.484 e. The Bertz CT molecular complexity index is 910. The smallest absolute Gasteiger partial charge is 0.261 e. The van der Waals surface area contributed by atoms with Gasteiger partial charge in [-0.25, -0.2) is 4.39 Å². The van der Waals surface area contributed by atoms with E-state index in [2.05, 4.69) is 21.2 Å². The average Bonchev–Trinajstić information content (AvgIpc) is 2.76. The van der Waals surface area contributed by atoms with E-state index in [1.54, 1.807) is 12.1 Å². The molecule has 0 saturated carbocycles. The molecular formula is C25H32BrFN2O3. The van der Waals surface area contributed by atoms with Crippen LogP contribution in [0.4, 0.5) is 4.39 Å². The number of aryl methyl sites for hydroxylation is 2. The summed E-state index contributed by atoms with van der Waals surface area (Å²) in [6, 6.07) is 9.02. The zero-order chi connectivity index (χ0) is 23.8. The molecule has 2 aromatic rings. The van der Waals surface area contributed by atoms with Gasteiger partial charge in [-0.1, -0.05) is 41.9 Å². The van der Waals surface area contributed by atoms with Gasteiger partial charge >= 0.3 is 0 Å². The zero-order valence-corrected chi connectivity index (χ0v) is 21.0. The summed E-state index contributed by atoms with van der Waals surface area (Å²) in [5.41, 5.74) is 2.76. The van der Waals surface area contributed by atoms with Crippen molar-refractivity contribution in [3.63, 3.8) is 0 Å². The molecule has 2 amide bonds. The summed E-state index contributed by atoms with van der Waals surface area (Å²) in [6.45, 7) is 9.69. The van der Waals surface area contributed by atoms with Crippen molar-refractivity contribution < 1.29 is 18.7 Å². The van der Waals surface area contributed by atoms with Crippen LogP contribution in [0.15, 0.2) is 40.9 Å². The van der Waals surface area contributed by atoms with Crippen LogP contribution in [-0.2, 0) is 16.1 Å². The Morgan fingerprint density at radius 3 is 2.22 bits per heavy atom. The van der Waals surface area contributed by atoms with Gasteiger partial charge in [-0.3, -0.25) is 9.59 Å². The van der Waals surface area contributed by atoms with Gasteiger partial charge in [0.2, 0.25) is 5.91 Å². The number of hydrogen-bond donors (Lipinski definition) is 1. The van der Waals surface area contributed by atoms with Gasteiger partial charge in [0, 0.05) is 17.1 Å². The highest BCUT2D eigenvalue weighted by molar-refractivity contribution is 9.10. The first-order chi connectivity index (χ1) is 15.2. The van der Waals surface area contributed by atoms with E-state index < -0.39 is 6.04 Å². The highest BCUT2D eigenvalue weighted by Crippen LogP contribution is 2.26. The van der Waals surface area contributed by atoms with E-state index in [1.165, 1.54) is 17.0 Å². The van der Waals surface area contributed by atoms with Crippen LogP contribution in [0.2, 0.25) is 0 Å². The first kappa shape index (κ1) is 25.8. The lowest BCUT2D eigenvalue weighted by molar-refractivity contribution is -0.143. The van der Waals surface area contributed by atoms with Crippen LogP contribution >= 0.6 is 15.9 Å². The number of ether oxygens (including phenoxy) is 1. The zero-order valence-electron chi connectivity index (χ0n) is 19.4. The monoisotopic (exact) mass is 506 g/mol. The molecule has 0 bridgehead atoms. The third-order valence-corrected chi connectivity index (χ3v) is 6.68. The fourth-order valence-electron chi connectivity index (χ4n) is 3.36. The Kier molecular flexibility index (Phi) is 9.69. The summed E-state index contributed by atoms with van der Waals surface area (Å²) < 4.78 is 20.1. The van der Waals surface area contributed by atoms with Gasteiger partial charge in [0.15, 0.2) is 6.61 Å². The lowest BCUT2D eigenvalue weighted by Crippen LogP contribution is -2.51. The van der Waals surface area contributed by atoms with Crippen molar-refractivity contribution in [2.75, 3.05) is 6.61 Å². The third kappa shape index (κ3) is 7.05. The summed E-state index contributed by atoms with van der Waals surface area (Å²) >= 11 is 3.53. The second-order valence-electron chi connectivity index (χ2n) is 8.05. The predicted molar refractivity (Wildman–Crippen MR) is 128 cm³/mol. The van der Waals surface area contributed by atoms with E-state index in [1.807, 2.05) is 46.8 Å². The van der Waals surface area contributed by atoms with Gasteiger partial charge in [-0.05, 0) is 74.6 Å². The number of nitrogens with one attached hydrogen (secondary N) is 1. The fourth-order valence-corrected chi connectivity index (χ4v) is 3.59. The van der Waals surface area contributed by atoms with E-state index in [4.69, 9.17) is 4.74 Å².